The Bertz CT molecular complexity index is 557. The molecule has 1 heterocycles. The van der Waals surface area contributed by atoms with Crippen molar-refractivity contribution >= 4 is 0 Å². The van der Waals surface area contributed by atoms with Gasteiger partial charge in [0, 0.05) is 11.6 Å². The van der Waals surface area contributed by atoms with Gasteiger partial charge in [0.05, 0.1) is 0 Å². The number of aromatic nitrogens is 2. The average molecular weight is 265 g/mol. The molecule has 0 aliphatic rings. The van der Waals surface area contributed by atoms with Crippen LogP contribution >= 0.6 is 0 Å². The molecule has 1 aromatic heterocycles. The van der Waals surface area contributed by atoms with Crippen LogP contribution in [0.4, 0.5) is 4.39 Å². The Morgan fingerprint density at radius 1 is 1.42 bits per heavy atom. The summed E-state index contributed by atoms with van der Waals surface area (Å²) in [5.74, 6) is 0.328. The fraction of sp³-hybridized carbons (Fsp3) is 0.385. The molecular formula is C13H16FN3O2. The number of ether oxygens (including phenoxy) is 1. The van der Waals surface area contributed by atoms with E-state index in [1.165, 1.54) is 12.1 Å². The molecule has 2 rings (SSSR count). The van der Waals surface area contributed by atoms with Crippen LogP contribution in [0.3, 0.4) is 0 Å². The third-order valence-electron chi connectivity index (χ3n) is 2.98. The molecule has 0 fully saturated rings. The van der Waals surface area contributed by atoms with Crippen molar-refractivity contribution in [1.82, 2.24) is 15.6 Å². The number of halogens is 1. The molecule has 102 valence electrons. The van der Waals surface area contributed by atoms with Crippen LogP contribution in [-0.2, 0) is 6.61 Å². The molecular weight excluding hydrogens is 249 g/mol. The highest BCUT2D eigenvalue weighted by atomic mass is 19.1. The van der Waals surface area contributed by atoms with Crippen LogP contribution in [0.2, 0.25) is 0 Å². The number of nitrogens with one attached hydrogen (secondary N) is 1. The lowest BCUT2D eigenvalue weighted by Crippen LogP contribution is -2.14. The predicted octanol–water partition coefficient (Wildman–Crippen LogP) is 2.38. The summed E-state index contributed by atoms with van der Waals surface area (Å²) in [5.41, 5.74) is 2.08. The lowest BCUT2D eigenvalue weighted by atomic mass is 10.1. The number of benzene rings is 1. The second-order valence-corrected chi connectivity index (χ2v) is 4.28. The lowest BCUT2D eigenvalue weighted by Gasteiger charge is -2.16. The summed E-state index contributed by atoms with van der Waals surface area (Å²) < 4.78 is 23.6. The van der Waals surface area contributed by atoms with Crippen molar-refractivity contribution in [3.63, 3.8) is 0 Å². The first-order valence-corrected chi connectivity index (χ1v) is 5.99. The zero-order valence-corrected chi connectivity index (χ0v) is 11.1. The van der Waals surface area contributed by atoms with Gasteiger partial charge in [0.2, 0.25) is 0 Å². The van der Waals surface area contributed by atoms with Crippen LogP contribution in [0, 0.1) is 12.7 Å². The monoisotopic (exact) mass is 265 g/mol. The van der Waals surface area contributed by atoms with Crippen LogP contribution in [0.5, 0.6) is 5.75 Å². The molecule has 0 aliphatic carbocycles. The second kappa shape index (κ2) is 5.79. The molecule has 1 aromatic carbocycles. The van der Waals surface area contributed by atoms with E-state index in [2.05, 4.69) is 20.3 Å². The fourth-order valence-corrected chi connectivity index (χ4v) is 1.67. The molecule has 5 nitrogen and oxygen atoms in total. The minimum absolute atomic E-state index is 0.0118. The van der Waals surface area contributed by atoms with Crippen molar-refractivity contribution in [3.8, 4) is 5.75 Å². The number of hydrogen-bond donors (Lipinski definition) is 1. The van der Waals surface area contributed by atoms with E-state index >= 15 is 0 Å². The highest BCUT2D eigenvalue weighted by molar-refractivity contribution is 5.36. The quantitative estimate of drug-likeness (QED) is 0.899. The largest absolute Gasteiger partial charge is 0.487 e. The van der Waals surface area contributed by atoms with E-state index in [1.807, 2.05) is 14.0 Å². The van der Waals surface area contributed by atoms with Crippen molar-refractivity contribution in [1.29, 1.82) is 0 Å². The van der Waals surface area contributed by atoms with E-state index in [9.17, 15) is 4.39 Å². The first kappa shape index (κ1) is 13.5. The Labute approximate surface area is 110 Å². The van der Waals surface area contributed by atoms with E-state index in [1.54, 1.807) is 13.0 Å². The lowest BCUT2D eigenvalue weighted by molar-refractivity contribution is 0.267. The summed E-state index contributed by atoms with van der Waals surface area (Å²) >= 11 is 0. The molecule has 0 saturated heterocycles. The molecule has 2 aromatic rings. The van der Waals surface area contributed by atoms with E-state index < -0.39 is 0 Å². The van der Waals surface area contributed by atoms with Gasteiger partial charge in [-0.15, -0.1) is 0 Å². The van der Waals surface area contributed by atoms with Gasteiger partial charge in [0.25, 0.3) is 0 Å². The SMILES string of the molecule is CNC(C)c1cc(F)ccc1OCc1nonc1C. The molecule has 0 spiro atoms. The van der Waals surface area contributed by atoms with Crippen molar-refractivity contribution < 1.29 is 13.8 Å². The molecule has 0 saturated carbocycles. The number of nitrogens with zero attached hydrogens (tertiary/aromatic N) is 2. The maximum atomic E-state index is 13.3. The smallest absolute Gasteiger partial charge is 0.145 e. The van der Waals surface area contributed by atoms with Gasteiger partial charge in [-0.1, -0.05) is 10.3 Å². The second-order valence-electron chi connectivity index (χ2n) is 4.28. The first-order chi connectivity index (χ1) is 9.11. The van der Waals surface area contributed by atoms with Crippen molar-refractivity contribution in [3.05, 3.63) is 41.0 Å². The van der Waals surface area contributed by atoms with Gasteiger partial charge in [-0.25, -0.2) is 9.02 Å². The van der Waals surface area contributed by atoms with Crippen LogP contribution in [0.1, 0.15) is 29.9 Å². The Kier molecular flexibility index (Phi) is 4.11. The molecule has 1 N–H and O–H groups in total. The van der Waals surface area contributed by atoms with Gasteiger partial charge in [-0.3, -0.25) is 0 Å². The predicted molar refractivity (Wildman–Crippen MR) is 67.2 cm³/mol. The van der Waals surface area contributed by atoms with Crippen LogP contribution < -0.4 is 10.1 Å². The minimum Gasteiger partial charge on any atom is -0.487 e. The maximum absolute atomic E-state index is 13.3. The molecule has 0 radical (unpaired) electrons. The van der Waals surface area contributed by atoms with E-state index in [0.717, 1.165) is 5.56 Å². The Hall–Kier alpha value is -1.95. The van der Waals surface area contributed by atoms with Gasteiger partial charge in [-0.2, -0.15) is 0 Å². The molecule has 19 heavy (non-hydrogen) atoms. The average Bonchev–Trinajstić information content (AvgIpc) is 2.82. The Balaban J connectivity index is 2.18. The van der Waals surface area contributed by atoms with Crippen LogP contribution in [0.25, 0.3) is 0 Å². The summed E-state index contributed by atoms with van der Waals surface area (Å²) in [4.78, 5) is 0. The number of rotatable bonds is 5. The fourth-order valence-electron chi connectivity index (χ4n) is 1.67. The highest BCUT2D eigenvalue weighted by Crippen LogP contribution is 2.26. The molecule has 1 unspecified atom stereocenters. The van der Waals surface area contributed by atoms with E-state index in [-0.39, 0.29) is 18.5 Å². The standard InChI is InChI=1S/C13H16FN3O2/c1-8(15-3)11-6-10(14)4-5-13(11)18-7-12-9(2)16-19-17-12/h4-6,8,15H,7H2,1-3H3. The summed E-state index contributed by atoms with van der Waals surface area (Å²) in [5, 5.41) is 10.5. The minimum atomic E-state index is -0.288. The summed E-state index contributed by atoms with van der Waals surface area (Å²) in [7, 11) is 1.81. The molecule has 0 amide bonds. The van der Waals surface area contributed by atoms with Crippen molar-refractivity contribution in [2.75, 3.05) is 7.05 Å². The summed E-state index contributed by atoms with van der Waals surface area (Å²) in [6.45, 7) is 3.96. The third-order valence-corrected chi connectivity index (χ3v) is 2.98. The maximum Gasteiger partial charge on any atom is 0.145 e. The molecule has 0 bridgehead atoms. The van der Waals surface area contributed by atoms with Crippen molar-refractivity contribution in [2.45, 2.75) is 26.5 Å². The summed E-state index contributed by atoms with van der Waals surface area (Å²) in [6, 6.07) is 4.43. The number of hydrogen-bond acceptors (Lipinski definition) is 5. The zero-order valence-electron chi connectivity index (χ0n) is 11.1. The zero-order chi connectivity index (χ0) is 13.8. The van der Waals surface area contributed by atoms with E-state index in [0.29, 0.717) is 17.1 Å². The normalized spacial score (nSPS) is 12.4. The number of aryl methyl sites for hydroxylation is 1. The Morgan fingerprint density at radius 2 is 2.21 bits per heavy atom. The summed E-state index contributed by atoms with van der Waals surface area (Å²) in [6.07, 6.45) is 0. The van der Waals surface area contributed by atoms with Gasteiger partial charge >= 0.3 is 0 Å². The van der Waals surface area contributed by atoms with Crippen LogP contribution in [0.15, 0.2) is 22.8 Å². The van der Waals surface area contributed by atoms with E-state index in [4.69, 9.17) is 4.74 Å². The van der Waals surface area contributed by atoms with Crippen LogP contribution in [-0.4, -0.2) is 17.4 Å². The first-order valence-electron chi connectivity index (χ1n) is 5.99. The Morgan fingerprint density at radius 3 is 2.84 bits per heavy atom. The molecule has 0 aliphatic heterocycles. The van der Waals surface area contributed by atoms with Gasteiger partial charge in [-0.05, 0) is 39.1 Å². The van der Waals surface area contributed by atoms with Gasteiger partial charge in [0.1, 0.15) is 29.6 Å². The van der Waals surface area contributed by atoms with Crippen molar-refractivity contribution in [2.24, 2.45) is 0 Å². The topological polar surface area (TPSA) is 60.2 Å². The molecule has 6 heteroatoms. The highest BCUT2D eigenvalue weighted by Gasteiger charge is 2.13. The third kappa shape index (κ3) is 3.08. The molecule has 1 atom stereocenters. The van der Waals surface area contributed by atoms with Gasteiger partial charge in [0.15, 0.2) is 0 Å². The van der Waals surface area contributed by atoms with Gasteiger partial charge < -0.3 is 10.1 Å².